The fourth-order valence-electron chi connectivity index (χ4n) is 1.60. The maximum absolute atomic E-state index is 12.9. The smallest absolute Gasteiger partial charge is 0.302 e. The molecule has 16 heavy (non-hydrogen) atoms. The average molecular weight is 290 g/mol. The molecule has 0 aliphatic heterocycles. The first kappa shape index (κ1) is 11.3. The molecule has 3 nitrogen and oxygen atoms in total. The number of nitrogens with zero attached hydrogens (tertiary/aromatic N) is 3. The molecule has 0 N–H and O–H groups in total. The Bertz CT molecular complexity index is 491. The van der Waals surface area contributed by atoms with Gasteiger partial charge in [0, 0.05) is 39.6 Å². The van der Waals surface area contributed by atoms with Crippen LogP contribution >= 0.6 is 15.9 Å². The van der Waals surface area contributed by atoms with Crippen molar-refractivity contribution in [2.75, 3.05) is 0 Å². The normalized spacial score (nSPS) is 12.1. The van der Waals surface area contributed by atoms with Crippen LogP contribution in [0.5, 0.6) is 0 Å². The highest BCUT2D eigenvalue weighted by atomic mass is 79.9. The van der Waals surface area contributed by atoms with Crippen LogP contribution < -0.4 is 0 Å². The fourth-order valence-corrected chi connectivity index (χ4v) is 1.80. The van der Waals surface area contributed by atoms with Crippen molar-refractivity contribution in [2.45, 2.75) is 18.8 Å². The van der Waals surface area contributed by atoms with E-state index in [1.165, 1.54) is 6.20 Å². The summed E-state index contributed by atoms with van der Waals surface area (Å²) in [7, 11) is 0. The highest BCUT2D eigenvalue weighted by molar-refractivity contribution is 9.09. The van der Waals surface area contributed by atoms with Gasteiger partial charge in [-0.3, -0.25) is 0 Å². The molecule has 0 aromatic carbocycles. The summed E-state index contributed by atoms with van der Waals surface area (Å²) in [6.07, 6.45) is 1.24. The highest BCUT2D eigenvalue weighted by Crippen LogP contribution is 2.28. The zero-order chi connectivity index (χ0) is 11.9. The third-order valence-corrected chi connectivity index (χ3v) is 2.70. The summed E-state index contributed by atoms with van der Waals surface area (Å²) in [4.78, 5) is -3.15. The van der Waals surface area contributed by atoms with Crippen LogP contribution in [0.3, 0.4) is 0 Å². The first-order valence-electron chi connectivity index (χ1n) is 4.68. The van der Waals surface area contributed by atoms with Gasteiger partial charge >= 0.3 is 4.96 Å². The molecule has 86 valence electrons. The van der Waals surface area contributed by atoms with Crippen LogP contribution in [0.4, 0.5) is 8.78 Å². The summed E-state index contributed by atoms with van der Waals surface area (Å²) < 4.78 is 28.2. The van der Waals surface area contributed by atoms with Crippen molar-refractivity contribution in [2.24, 2.45) is 0 Å². The van der Waals surface area contributed by atoms with Crippen LogP contribution in [0.1, 0.15) is 11.4 Å². The Labute approximate surface area is 99.8 Å². The van der Waals surface area contributed by atoms with Crippen LogP contribution in [-0.4, -0.2) is 14.3 Å². The van der Waals surface area contributed by atoms with Gasteiger partial charge < -0.3 is 4.57 Å². The Morgan fingerprint density at radius 3 is 2.19 bits per heavy atom. The molecule has 2 rings (SSSR count). The number of aryl methyl sites for hydroxylation is 2. The Balaban J connectivity index is 2.47. The molecule has 0 aliphatic rings. The molecule has 2 aromatic rings. The number of rotatable bonds is 2. The molecule has 0 unspecified atom stereocenters. The first-order chi connectivity index (χ1) is 7.39. The van der Waals surface area contributed by atoms with E-state index < -0.39 is 4.96 Å². The molecule has 0 fully saturated rings. The summed E-state index contributed by atoms with van der Waals surface area (Å²) >= 11 is 2.26. The van der Waals surface area contributed by atoms with Gasteiger partial charge in [-0.25, -0.2) is 0 Å². The van der Waals surface area contributed by atoms with Crippen molar-refractivity contribution in [1.82, 2.24) is 14.3 Å². The van der Waals surface area contributed by atoms with Crippen molar-refractivity contribution in [1.29, 1.82) is 0 Å². The highest BCUT2D eigenvalue weighted by Gasteiger charge is 2.27. The summed E-state index contributed by atoms with van der Waals surface area (Å²) in [6, 6.07) is 5.39. The van der Waals surface area contributed by atoms with Crippen molar-refractivity contribution in [3.05, 3.63) is 35.8 Å². The van der Waals surface area contributed by atoms with Gasteiger partial charge in [0.15, 0.2) is 5.82 Å². The van der Waals surface area contributed by atoms with E-state index in [1.807, 2.05) is 30.5 Å². The summed E-state index contributed by atoms with van der Waals surface area (Å²) in [5.41, 5.74) is 1.92. The van der Waals surface area contributed by atoms with E-state index in [0.717, 1.165) is 11.4 Å². The molecule has 0 bridgehead atoms. The Morgan fingerprint density at radius 1 is 1.19 bits per heavy atom. The lowest BCUT2D eigenvalue weighted by Gasteiger charge is -2.08. The first-order valence-corrected chi connectivity index (χ1v) is 5.47. The van der Waals surface area contributed by atoms with Crippen LogP contribution in [0.2, 0.25) is 0 Å². The predicted octanol–water partition coefficient (Wildman–Crippen LogP) is 3.19. The third kappa shape index (κ3) is 1.89. The molecular formula is C10H10BrF2N3. The number of aromatic nitrogens is 3. The molecule has 0 saturated heterocycles. The maximum atomic E-state index is 12.9. The molecule has 6 heteroatoms. The second kappa shape index (κ2) is 3.69. The van der Waals surface area contributed by atoms with Crippen molar-refractivity contribution < 1.29 is 8.78 Å². The minimum absolute atomic E-state index is 0.485. The standard InChI is InChI=1S/C10H10BrF2N3/c1-7-3-4-8(2)16(7)9-5-6-15(14-9)10(11,12)13/h3-6H,1-2H3. The van der Waals surface area contributed by atoms with Gasteiger partial charge in [0.05, 0.1) is 0 Å². The largest absolute Gasteiger partial charge is 0.401 e. The van der Waals surface area contributed by atoms with E-state index in [4.69, 9.17) is 0 Å². The lowest BCUT2D eigenvalue weighted by atomic mass is 10.5. The zero-order valence-electron chi connectivity index (χ0n) is 8.78. The van der Waals surface area contributed by atoms with Crippen molar-refractivity contribution in [3.63, 3.8) is 0 Å². The molecule has 0 atom stereocenters. The molecule has 0 spiro atoms. The SMILES string of the molecule is Cc1ccc(C)n1-c1ccn(C(F)(F)Br)n1. The van der Waals surface area contributed by atoms with Gasteiger partial charge in [-0.15, -0.1) is 5.10 Å². The zero-order valence-corrected chi connectivity index (χ0v) is 10.4. The number of halogens is 3. The van der Waals surface area contributed by atoms with Crippen molar-refractivity contribution >= 4 is 15.9 Å². The minimum atomic E-state index is -3.15. The summed E-state index contributed by atoms with van der Waals surface area (Å²) in [5.74, 6) is 0.485. The predicted molar refractivity (Wildman–Crippen MR) is 60.1 cm³/mol. The van der Waals surface area contributed by atoms with E-state index >= 15 is 0 Å². The number of alkyl halides is 3. The van der Waals surface area contributed by atoms with Crippen LogP contribution in [0, 0.1) is 13.8 Å². The molecule has 0 aliphatic carbocycles. The van der Waals surface area contributed by atoms with E-state index in [-0.39, 0.29) is 0 Å². The van der Waals surface area contributed by atoms with Gasteiger partial charge in [-0.1, -0.05) is 0 Å². The van der Waals surface area contributed by atoms with E-state index in [2.05, 4.69) is 21.0 Å². The maximum Gasteiger partial charge on any atom is 0.401 e. The average Bonchev–Trinajstić information content (AvgIpc) is 2.72. The molecule has 2 aromatic heterocycles. The van der Waals surface area contributed by atoms with Gasteiger partial charge in [0.1, 0.15) is 0 Å². The minimum Gasteiger partial charge on any atom is -0.302 e. The Morgan fingerprint density at radius 2 is 1.75 bits per heavy atom. The molecule has 2 heterocycles. The second-order valence-electron chi connectivity index (χ2n) is 3.54. The van der Waals surface area contributed by atoms with Gasteiger partial charge in [-0.05, 0) is 26.0 Å². The van der Waals surface area contributed by atoms with E-state index in [1.54, 1.807) is 6.07 Å². The van der Waals surface area contributed by atoms with Gasteiger partial charge in [-0.2, -0.15) is 13.5 Å². The molecule has 0 saturated carbocycles. The monoisotopic (exact) mass is 289 g/mol. The quantitative estimate of drug-likeness (QED) is 0.779. The topological polar surface area (TPSA) is 22.8 Å². The van der Waals surface area contributed by atoms with Crippen LogP contribution in [-0.2, 0) is 4.96 Å². The number of hydrogen-bond donors (Lipinski definition) is 0. The Kier molecular flexibility index (Phi) is 2.61. The fraction of sp³-hybridized carbons (Fsp3) is 0.300. The Hall–Kier alpha value is -1.17. The summed E-state index contributed by atoms with van der Waals surface area (Å²) in [5, 5.41) is 3.83. The second-order valence-corrected chi connectivity index (χ2v) is 4.49. The molecular weight excluding hydrogens is 280 g/mol. The lowest BCUT2D eigenvalue weighted by molar-refractivity contribution is 0.0199. The molecule has 0 amide bonds. The third-order valence-electron chi connectivity index (χ3n) is 2.34. The summed E-state index contributed by atoms with van der Waals surface area (Å²) in [6.45, 7) is 3.80. The van der Waals surface area contributed by atoms with Gasteiger partial charge in [0.25, 0.3) is 0 Å². The molecule has 0 radical (unpaired) electrons. The van der Waals surface area contributed by atoms with Crippen LogP contribution in [0.15, 0.2) is 24.4 Å². The van der Waals surface area contributed by atoms with Crippen LogP contribution in [0.25, 0.3) is 5.82 Å². The van der Waals surface area contributed by atoms with E-state index in [9.17, 15) is 8.78 Å². The van der Waals surface area contributed by atoms with E-state index in [0.29, 0.717) is 10.5 Å². The van der Waals surface area contributed by atoms with Gasteiger partial charge in [0.2, 0.25) is 0 Å². The lowest BCUT2D eigenvalue weighted by Crippen LogP contribution is -2.15. The van der Waals surface area contributed by atoms with Crippen molar-refractivity contribution in [3.8, 4) is 5.82 Å². The number of hydrogen-bond acceptors (Lipinski definition) is 1.